The molecule has 0 aliphatic rings. The first-order chi connectivity index (χ1) is 9.21. The quantitative estimate of drug-likeness (QED) is 0.874. The molecule has 0 saturated heterocycles. The molecule has 0 aromatic heterocycles. The number of carboxylic acid groups (broad SMARTS) is 1. The number of halogens is 3. The Bertz CT molecular complexity index is 473. The number of aliphatic carboxylic acids is 1. The zero-order valence-corrected chi connectivity index (χ0v) is 10.6. The van der Waals surface area contributed by atoms with E-state index in [-0.39, 0.29) is 12.3 Å². The van der Waals surface area contributed by atoms with Crippen molar-refractivity contribution in [3.8, 4) is 0 Å². The van der Waals surface area contributed by atoms with Crippen LogP contribution in [0.1, 0.15) is 24.8 Å². The first-order valence-electron chi connectivity index (χ1n) is 5.87. The maximum Gasteiger partial charge on any atom is 0.471 e. The molecular formula is C13H14F3NO3. The van der Waals surface area contributed by atoms with Crippen LogP contribution in [0, 0.1) is 0 Å². The van der Waals surface area contributed by atoms with Crippen LogP contribution in [0.5, 0.6) is 0 Å². The summed E-state index contributed by atoms with van der Waals surface area (Å²) in [6.07, 6.45) is -5.22. The van der Waals surface area contributed by atoms with Crippen LogP contribution in [0.2, 0.25) is 0 Å². The zero-order valence-electron chi connectivity index (χ0n) is 10.6. The summed E-state index contributed by atoms with van der Waals surface area (Å²) in [4.78, 5) is 21.7. The number of rotatable bonds is 5. The topological polar surface area (TPSA) is 66.4 Å². The molecule has 7 heteroatoms. The molecule has 2 unspecified atom stereocenters. The van der Waals surface area contributed by atoms with Crippen LogP contribution in [0.4, 0.5) is 13.2 Å². The van der Waals surface area contributed by atoms with E-state index in [9.17, 15) is 22.8 Å². The fourth-order valence-corrected chi connectivity index (χ4v) is 1.73. The Hall–Kier alpha value is -2.05. The van der Waals surface area contributed by atoms with Crippen molar-refractivity contribution >= 4 is 11.9 Å². The van der Waals surface area contributed by atoms with Gasteiger partial charge in [0.05, 0.1) is 0 Å². The van der Waals surface area contributed by atoms with Gasteiger partial charge in [-0.05, 0) is 17.9 Å². The molecule has 0 saturated carbocycles. The van der Waals surface area contributed by atoms with E-state index in [0.717, 1.165) is 5.56 Å². The number of carbonyl (C=O) groups is 2. The Morgan fingerprint density at radius 1 is 1.25 bits per heavy atom. The molecule has 0 aliphatic carbocycles. The van der Waals surface area contributed by atoms with Crippen LogP contribution in [-0.2, 0) is 9.59 Å². The van der Waals surface area contributed by atoms with Gasteiger partial charge in [0, 0.05) is 0 Å². The number of hydrogen-bond donors (Lipinski definition) is 2. The van der Waals surface area contributed by atoms with Crippen molar-refractivity contribution in [2.45, 2.75) is 31.5 Å². The molecule has 1 amide bonds. The van der Waals surface area contributed by atoms with Crippen LogP contribution >= 0.6 is 0 Å². The van der Waals surface area contributed by atoms with Crippen molar-refractivity contribution in [1.82, 2.24) is 5.32 Å². The summed E-state index contributed by atoms with van der Waals surface area (Å²) >= 11 is 0. The van der Waals surface area contributed by atoms with E-state index < -0.39 is 24.1 Å². The van der Waals surface area contributed by atoms with E-state index in [2.05, 4.69) is 0 Å². The molecule has 0 radical (unpaired) electrons. The Balaban J connectivity index is 2.74. The van der Waals surface area contributed by atoms with Crippen LogP contribution in [0.3, 0.4) is 0 Å². The Kier molecular flexibility index (Phi) is 5.12. The molecule has 0 fully saturated rings. The van der Waals surface area contributed by atoms with E-state index >= 15 is 0 Å². The second kappa shape index (κ2) is 6.40. The van der Waals surface area contributed by atoms with Gasteiger partial charge < -0.3 is 10.4 Å². The van der Waals surface area contributed by atoms with Crippen LogP contribution in [0.25, 0.3) is 0 Å². The average molecular weight is 289 g/mol. The lowest BCUT2D eigenvalue weighted by Gasteiger charge is -2.19. The molecule has 20 heavy (non-hydrogen) atoms. The number of benzene rings is 1. The summed E-state index contributed by atoms with van der Waals surface area (Å²) < 4.78 is 36.4. The van der Waals surface area contributed by atoms with E-state index in [0.29, 0.717) is 0 Å². The number of carbonyl (C=O) groups excluding carboxylic acids is 1. The molecule has 0 aliphatic heterocycles. The maximum atomic E-state index is 12.1. The van der Waals surface area contributed by atoms with Gasteiger partial charge in [-0.1, -0.05) is 37.3 Å². The highest BCUT2D eigenvalue weighted by Gasteiger charge is 2.41. The maximum absolute atomic E-state index is 12.1. The number of hydrogen-bond acceptors (Lipinski definition) is 2. The van der Waals surface area contributed by atoms with E-state index in [1.807, 2.05) is 0 Å². The standard InChI is InChI=1S/C13H14F3NO3/c1-8(9-5-3-2-4-6-9)7-10(11(18)19)17-12(20)13(14,15)16/h2-6,8,10H,7H2,1H3,(H,17,20)(H,18,19). The van der Waals surface area contributed by atoms with Crippen LogP contribution < -0.4 is 5.32 Å². The smallest absolute Gasteiger partial charge is 0.471 e. The highest BCUT2D eigenvalue weighted by molar-refractivity contribution is 5.86. The Morgan fingerprint density at radius 3 is 2.25 bits per heavy atom. The van der Waals surface area contributed by atoms with Gasteiger partial charge in [0.1, 0.15) is 6.04 Å². The summed E-state index contributed by atoms with van der Waals surface area (Å²) in [5.74, 6) is -4.04. The van der Waals surface area contributed by atoms with Gasteiger partial charge in [-0.2, -0.15) is 13.2 Å². The minimum atomic E-state index is -5.09. The van der Waals surface area contributed by atoms with Crippen LogP contribution in [0.15, 0.2) is 30.3 Å². The predicted octanol–water partition coefficient (Wildman–Crippen LogP) is 2.31. The monoisotopic (exact) mass is 289 g/mol. The minimum absolute atomic E-state index is 0.124. The van der Waals surface area contributed by atoms with Crippen molar-refractivity contribution in [2.75, 3.05) is 0 Å². The number of alkyl halides is 3. The van der Waals surface area contributed by atoms with Crippen molar-refractivity contribution in [3.05, 3.63) is 35.9 Å². The Morgan fingerprint density at radius 2 is 1.80 bits per heavy atom. The fourth-order valence-electron chi connectivity index (χ4n) is 1.73. The highest BCUT2D eigenvalue weighted by atomic mass is 19.4. The third-order valence-corrected chi connectivity index (χ3v) is 2.82. The molecule has 2 N–H and O–H groups in total. The summed E-state index contributed by atoms with van der Waals surface area (Å²) in [7, 11) is 0. The molecule has 4 nitrogen and oxygen atoms in total. The highest BCUT2D eigenvalue weighted by Crippen LogP contribution is 2.21. The summed E-state index contributed by atoms with van der Waals surface area (Å²) in [5, 5.41) is 10.4. The van der Waals surface area contributed by atoms with Gasteiger partial charge in [0.15, 0.2) is 0 Å². The summed E-state index contributed by atoms with van der Waals surface area (Å²) in [6.45, 7) is 1.69. The lowest BCUT2D eigenvalue weighted by atomic mass is 9.94. The summed E-state index contributed by atoms with van der Waals surface area (Å²) in [6, 6.07) is 7.17. The molecule has 1 aromatic rings. The lowest BCUT2D eigenvalue weighted by molar-refractivity contribution is -0.175. The third-order valence-electron chi connectivity index (χ3n) is 2.82. The number of nitrogens with one attached hydrogen (secondary N) is 1. The van der Waals surface area contributed by atoms with Gasteiger partial charge in [0.25, 0.3) is 0 Å². The van der Waals surface area contributed by atoms with E-state index in [4.69, 9.17) is 5.11 Å². The molecular weight excluding hydrogens is 275 g/mol. The predicted molar refractivity (Wildman–Crippen MR) is 65.1 cm³/mol. The number of amides is 1. The second-order valence-electron chi connectivity index (χ2n) is 4.41. The lowest BCUT2D eigenvalue weighted by Crippen LogP contribution is -2.47. The molecule has 0 heterocycles. The fraction of sp³-hybridized carbons (Fsp3) is 0.385. The molecule has 1 rings (SSSR count). The number of carboxylic acids is 1. The molecule has 0 spiro atoms. The van der Waals surface area contributed by atoms with E-state index in [1.54, 1.807) is 37.3 Å². The molecule has 2 atom stereocenters. The first kappa shape index (κ1) is 16.0. The largest absolute Gasteiger partial charge is 0.480 e. The van der Waals surface area contributed by atoms with E-state index in [1.165, 1.54) is 5.32 Å². The second-order valence-corrected chi connectivity index (χ2v) is 4.41. The normalized spacial score (nSPS) is 14.4. The van der Waals surface area contributed by atoms with Crippen molar-refractivity contribution < 1.29 is 27.9 Å². The Labute approximate surface area is 113 Å². The average Bonchev–Trinajstić information content (AvgIpc) is 2.37. The molecule has 0 bridgehead atoms. The zero-order chi connectivity index (χ0) is 15.3. The van der Waals surface area contributed by atoms with Gasteiger partial charge in [0.2, 0.25) is 0 Å². The van der Waals surface area contributed by atoms with Crippen molar-refractivity contribution in [2.24, 2.45) is 0 Å². The molecule has 110 valence electrons. The van der Waals surface area contributed by atoms with Gasteiger partial charge in [-0.25, -0.2) is 4.79 Å². The molecule has 1 aromatic carbocycles. The van der Waals surface area contributed by atoms with Crippen LogP contribution in [-0.4, -0.2) is 29.2 Å². The first-order valence-corrected chi connectivity index (χ1v) is 5.87. The van der Waals surface area contributed by atoms with Gasteiger partial charge in [-0.15, -0.1) is 0 Å². The van der Waals surface area contributed by atoms with Crippen molar-refractivity contribution in [3.63, 3.8) is 0 Å². The SMILES string of the molecule is CC(CC(NC(=O)C(F)(F)F)C(=O)O)c1ccccc1. The van der Waals surface area contributed by atoms with Gasteiger partial charge in [-0.3, -0.25) is 4.79 Å². The summed E-state index contributed by atoms with van der Waals surface area (Å²) in [5.41, 5.74) is 0.792. The third kappa shape index (κ3) is 4.56. The van der Waals surface area contributed by atoms with Gasteiger partial charge >= 0.3 is 18.1 Å². The minimum Gasteiger partial charge on any atom is -0.480 e. The van der Waals surface area contributed by atoms with Crippen molar-refractivity contribution in [1.29, 1.82) is 0 Å².